The van der Waals surface area contributed by atoms with Gasteiger partial charge in [-0.2, -0.15) is 0 Å². The first-order chi connectivity index (χ1) is 12.9. The number of amides is 2. The summed E-state index contributed by atoms with van der Waals surface area (Å²) in [7, 11) is 1.14. The minimum atomic E-state index is -1.29. The molecule has 0 fully saturated rings. The number of aliphatic hydroxyl groups is 1. The Kier molecular flexibility index (Phi) is 8.24. The van der Waals surface area contributed by atoms with Crippen LogP contribution in [0, 0.1) is 0 Å². The van der Waals surface area contributed by atoms with Crippen LogP contribution in [0.1, 0.15) is 33.3 Å². The van der Waals surface area contributed by atoms with Gasteiger partial charge in [0.1, 0.15) is 17.4 Å². The summed E-state index contributed by atoms with van der Waals surface area (Å²) < 4.78 is 9.76. The number of nitrogens with one attached hydrogen (secondary N) is 2. The fraction of sp³-hybridized carbons (Fsp3) is 0.526. The van der Waals surface area contributed by atoms with Gasteiger partial charge < -0.3 is 30.3 Å². The molecule has 0 unspecified atom stereocenters. The Balaban J connectivity index is 3.00. The molecule has 28 heavy (non-hydrogen) atoms. The number of hydrogen-bond donors (Lipinski definition) is 4. The van der Waals surface area contributed by atoms with E-state index in [0.717, 1.165) is 7.11 Å². The molecule has 0 radical (unpaired) electrons. The van der Waals surface area contributed by atoms with E-state index < -0.39 is 41.8 Å². The quantitative estimate of drug-likeness (QED) is 0.502. The maximum absolute atomic E-state index is 12.7. The predicted octanol–water partition coefficient (Wildman–Crippen LogP) is 0.867. The van der Waals surface area contributed by atoms with Gasteiger partial charge in [-0.25, -0.2) is 9.59 Å². The summed E-state index contributed by atoms with van der Waals surface area (Å²) in [4.78, 5) is 36.6. The highest BCUT2D eigenvalue weighted by Crippen LogP contribution is 2.13. The number of benzene rings is 1. The molecule has 0 aliphatic carbocycles. The van der Waals surface area contributed by atoms with Gasteiger partial charge in [0, 0.05) is 6.42 Å². The molecule has 3 atom stereocenters. The largest absolute Gasteiger partial charge is 0.508 e. The zero-order valence-corrected chi connectivity index (χ0v) is 16.7. The molecule has 9 heteroatoms. The van der Waals surface area contributed by atoms with E-state index in [1.165, 1.54) is 19.1 Å². The topological polar surface area (TPSA) is 134 Å². The number of methoxy groups -OCH3 is 1. The number of alkyl carbamates (subject to hydrolysis) is 1. The van der Waals surface area contributed by atoms with E-state index in [9.17, 15) is 24.6 Å². The van der Waals surface area contributed by atoms with Crippen LogP contribution >= 0.6 is 0 Å². The molecular formula is C19H28N2O7. The van der Waals surface area contributed by atoms with Crippen molar-refractivity contribution in [3.05, 3.63) is 29.8 Å². The Morgan fingerprint density at radius 1 is 1.11 bits per heavy atom. The standard InChI is InChI=1S/C19H28N2O7/c1-11(22)15(17(25)27-5)21-16(24)14(20-18(26)28-19(2,3)4)10-12-6-8-13(23)9-7-12/h6-9,11,14-15,22-23H,10H2,1-5H3,(H,20,26)(H,21,24)/t11-,14-,15+/m1/s1. The number of carbonyl (C=O) groups excluding carboxylic acids is 3. The zero-order chi connectivity index (χ0) is 21.5. The minimum Gasteiger partial charge on any atom is -0.508 e. The van der Waals surface area contributed by atoms with Crippen LogP contribution < -0.4 is 10.6 Å². The number of phenols is 1. The molecule has 1 aromatic rings. The summed E-state index contributed by atoms with van der Waals surface area (Å²) in [5, 5.41) is 24.0. The number of rotatable bonds is 7. The summed E-state index contributed by atoms with van der Waals surface area (Å²) in [5.74, 6) is -1.45. The van der Waals surface area contributed by atoms with Gasteiger partial charge in [-0.1, -0.05) is 12.1 Å². The number of aliphatic hydroxyl groups excluding tert-OH is 1. The van der Waals surface area contributed by atoms with Crippen LogP contribution in [0.4, 0.5) is 4.79 Å². The molecule has 9 nitrogen and oxygen atoms in total. The van der Waals surface area contributed by atoms with Crippen molar-refractivity contribution in [3.8, 4) is 5.75 Å². The number of ether oxygens (including phenoxy) is 2. The second kappa shape index (κ2) is 9.93. The van der Waals surface area contributed by atoms with Crippen LogP contribution in [0.2, 0.25) is 0 Å². The van der Waals surface area contributed by atoms with Crippen LogP contribution in [0.15, 0.2) is 24.3 Å². The molecule has 1 aromatic carbocycles. The molecule has 0 bridgehead atoms. The fourth-order valence-electron chi connectivity index (χ4n) is 2.28. The zero-order valence-electron chi connectivity index (χ0n) is 16.7. The Bertz CT molecular complexity index is 681. The van der Waals surface area contributed by atoms with E-state index in [4.69, 9.17) is 4.74 Å². The molecule has 156 valence electrons. The summed E-state index contributed by atoms with van der Waals surface area (Å²) in [6.07, 6.45) is -1.94. The molecule has 4 N–H and O–H groups in total. The highest BCUT2D eigenvalue weighted by molar-refractivity contribution is 5.90. The van der Waals surface area contributed by atoms with Crippen molar-refractivity contribution in [2.75, 3.05) is 7.11 Å². The Morgan fingerprint density at radius 3 is 2.14 bits per heavy atom. The van der Waals surface area contributed by atoms with Crippen molar-refractivity contribution in [1.82, 2.24) is 10.6 Å². The summed E-state index contributed by atoms with van der Waals surface area (Å²) in [6.45, 7) is 6.38. The lowest BCUT2D eigenvalue weighted by molar-refractivity contribution is -0.148. The second-order valence-corrected chi connectivity index (χ2v) is 7.32. The normalized spacial score (nSPS) is 14.4. The van der Waals surface area contributed by atoms with E-state index >= 15 is 0 Å². The molecule has 0 aliphatic heterocycles. The maximum atomic E-state index is 12.7. The van der Waals surface area contributed by atoms with E-state index in [2.05, 4.69) is 15.4 Å². The van der Waals surface area contributed by atoms with E-state index in [0.29, 0.717) is 5.56 Å². The first kappa shape index (κ1) is 23.2. The minimum absolute atomic E-state index is 0.0599. The Labute approximate surface area is 164 Å². The van der Waals surface area contributed by atoms with Crippen LogP contribution in [-0.2, 0) is 25.5 Å². The second-order valence-electron chi connectivity index (χ2n) is 7.32. The lowest BCUT2D eigenvalue weighted by Gasteiger charge is -2.25. The van der Waals surface area contributed by atoms with Crippen molar-refractivity contribution >= 4 is 18.0 Å². The predicted molar refractivity (Wildman–Crippen MR) is 101 cm³/mol. The third-order valence-corrected chi connectivity index (χ3v) is 3.62. The van der Waals surface area contributed by atoms with Crippen molar-refractivity contribution < 1.29 is 34.1 Å². The molecule has 0 aliphatic rings. The first-order valence-electron chi connectivity index (χ1n) is 8.76. The fourth-order valence-corrected chi connectivity index (χ4v) is 2.28. The summed E-state index contributed by atoms with van der Waals surface area (Å²) in [5.41, 5.74) is -0.113. The third kappa shape index (κ3) is 7.83. The average Bonchev–Trinajstić information content (AvgIpc) is 2.58. The van der Waals surface area contributed by atoms with Crippen LogP contribution in [0.5, 0.6) is 5.75 Å². The Morgan fingerprint density at radius 2 is 1.68 bits per heavy atom. The molecule has 2 amide bonds. The maximum Gasteiger partial charge on any atom is 0.408 e. The lowest BCUT2D eigenvalue weighted by Crippen LogP contribution is -2.56. The van der Waals surface area contributed by atoms with Gasteiger partial charge >= 0.3 is 12.1 Å². The van der Waals surface area contributed by atoms with E-state index in [-0.39, 0.29) is 12.2 Å². The molecule has 0 spiro atoms. The van der Waals surface area contributed by atoms with Gasteiger partial charge in [0.25, 0.3) is 0 Å². The first-order valence-corrected chi connectivity index (χ1v) is 8.76. The average molecular weight is 396 g/mol. The lowest BCUT2D eigenvalue weighted by atomic mass is 10.0. The van der Waals surface area contributed by atoms with Crippen LogP contribution in [-0.4, -0.2) is 59.1 Å². The summed E-state index contributed by atoms with van der Waals surface area (Å²) in [6, 6.07) is 3.71. The molecule has 0 heterocycles. The number of esters is 1. The number of aromatic hydroxyl groups is 1. The molecule has 0 saturated carbocycles. The van der Waals surface area contributed by atoms with Crippen molar-refractivity contribution in [2.24, 2.45) is 0 Å². The Hall–Kier alpha value is -2.81. The van der Waals surface area contributed by atoms with Gasteiger partial charge in [0.15, 0.2) is 6.04 Å². The monoisotopic (exact) mass is 396 g/mol. The van der Waals surface area contributed by atoms with E-state index in [1.54, 1.807) is 32.9 Å². The summed E-state index contributed by atoms with van der Waals surface area (Å²) >= 11 is 0. The van der Waals surface area contributed by atoms with Crippen LogP contribution in [0.25, 0.3) is 0 Å². The highest BCUT2D eigenvalue weighted by Gasteiger charge is 2.31. The highest BCUT2D eigenvalue weighted by atomic mass is 16.6. The van der Waals surface area contributed by atoms with Gasteiger partial charge in [0.2, 0.25) is 5.91 Å². The van der Waals surface area contributed by atoms with Gasteiger partial charge in [0.05, 0.1) is 13.2 Å². The van der Waals surface area contributed by atoms with Crippen molar-refractivity contribution in [3.63, 3.8) is 0 Å². The van der Waals surface area contributed by atoms with Crippen LogP contribution in [0.3, 0.4) is 0 Å². The molecule has 1 rings (SSSR count). The molecule has 0 aromatic heterocycles. The number of carbonyl (C=O) groups is 3. The van der Waals surface area contributed by atoms with Gasteiger partial charge in [-0.05, 0) is 45.4 Å². The molecule has 0 saturated heterocycles. The molecular weight excluding hydrogens is 368 g/mol. The van der Waals surface area contributed by atoms with Gasteiger partial charge in [-0.3, -0.25) is 4.79 Å². The van der Waals surface area contributed by atoms with E-state index in [1.807, 2.05) is 0 Å². The SMILES string of the molecule is COC(=O)[C@@H](NC(=O)[C@@H](Cc1ccc(O)cc1)NC(=O)OC(C)(C)C)[C@@H](C)O. The third-order valence-electron chi connectivity index (χ3n) is 3.62. The van der Waals surface area contributed by atoms with Gasteiger partial charge in [-0.15, -0.1) is 0 Å². The number of hydrogen-bond acceptors (Lipinski definition) is 7. The van der Waals surface area contributed by atoms with Crippen molar-refractivity contribution in [2.45, 2.75) is 57.9 Å². The number of phenolic OH excluding ortho intramolecular Hbond substituents is 1. The van der Waals surface area contributed by atoms with Crippen molar-refractivity contribution in [1.29, 1.82) is 0 Å². The smallest absolute Gasteiger partial charge is 0.408 e.